The number of nitrogens with one attached hydrogen (secondary N) is 2. The summed E-state index contributed by atoms with van der Waals surface area (Å²) in [6.07, 6.45) is 3.45. The van der Waals surface area contributed by atoms with Crippen molar-refractivity contribution in [2.75, 3.05) is 7.05 Å². The van der Waals surface area contributed by atoms with E-state index in [1.807, 2.05) is 0 Å². The highest BCUT2D eigenvalue weighted by molar-refractivity contribution is 5.83. The number of nitrogens with zero attached hydrogens (tertiary/aromatic N) is 2. The summed E-state index contributed by atoms with van der Waals surface area (Å²) in [5.74, 6) is -0.388. The maximum absolute atomic E-state index is 13.2. The van der Waals surface area contributed by atoms with Crippen molar-refractivity contribution in [3.05, 3.63) is 53.1 Å². The van der Waals surface area contributed by atoms with E-state index in [1.54, 1.807) is 50.2 Å². The predicted octanol–water partition coefficient (Wildman–Crippen LogP) is 1.44. The minimum atomic E-state index is -0.458. The molecule has 0 spiro atoms. The quantitative estimate of drug-likeness (QED) is 0.876. The van der Waals surface area contributed by atoms with Gasteiger partial charge in [0, 0.05) is 25.4 Å². The second-order valence-electron chi connectivity index (χ2n) is 4.97. The van der Waals surface area contributed by atoms with Crippen molar-refractivity contribution in [3.8, 4) is 0 Å². The molecule has 1 amide bonds. The van der Waals surface area contributed by atoms with E-state index in [4.69, 9.17) is 0 Å². The Labute approximate surface area is 123 Å². The third-order valence-electron chi connectivity index (χ3n) is 3.30. The molecule has 0 saturated carbocycles. The highest BCUT2D eigenvalue weighted by atomic mass is 19.1. The molecule has 2 aromatic rings. The van der Waals surface area contributed by atoms with Crippen LogP contribution in [0.4, 0.5) is 4.39 Å². The van der Waals surface area contributed by atoms with E-state index in [0.717, 1.165) is 11.1 Å². The molecular formula is C15H19FN4O. The van der Waals surface area contributed by atoms with Crippen molar-refractivity contribution in [2.24, 2.45) is 7.05 Å². The smallest absolute Gasteiger partial charge is 0.242 e. The van der Waals surface area contributed by atoms with E-state index in [-0.39, 0.29) is 11.7 Å². The Balaban J connectivity index is 2.01. The summed E-state index contributed by atoms with van der Waals surface area (Å²) in [4.78, 5) is 12.2. The van der Waals surface area contributed by atoms with Gasteiger partial charge in [-0.25, -0.2) is 4.39 Å². The molecule has 0 aliphatic rings. The fourth-order valence-corrected chi connectivity index (χ4v) is 2.15. The van der Waals surface area contributed by atoms with Gasteiger partial charge in [-0.3, -0.25) is 9.48 Å². The average Bonchev–Trinajstić information content (AvgIpc) is 2.87. The van der Waals surface area contributed by atoms with Crippen LogP contribution in [0.15, 0.2) is 30.6 Å². The van der Waals surface area contributed by atoms with Gasteiger partial charge in [-0.2, -0.15) is 5.10 Å². The third-order valence-corrected chi connectivity index (χ3v) is 3.30. The Kier molecular flexibility index (Phi) is 4.70. The molecule has 0 fully saturated rings. The van der Waals surface area contributed by atoms with Gasteiger partial charge in [-0.1, -0.05) is 12.1 Å². The van der Waals surface area contributed by atoms with Crippen molar-refractivity contribution in [2.45, 2.75) is 19.5 Å². The van der Waals surface area contributed by atoms with Crippen LogP contribution in [0.5, 0.6) is 0 Å². The monoisotopic (exact) mass is 290 g/mol. The number of aromatic nitrogens is 2. The first-order valence-electron chi connectivity index (χ1n) is 6.70. The molecule has 0 bridgehead atoms. The molecule has 1 atom stereocenters. The van der Waals surface area contributed by atoms with Crippen molar-refractivity contribution in [3.63, 3.8) is 0 Å². The lowest BCUT2D eigenvalue weighted by Crippen LogP contribution is -2.35. The Morgan fingerprint density at radius 2 is 2.24 bits per heavy atom. The SMILES string of the molecule is CNC(C(=O)NCc1ccc(F)c(C)c1)c1cnn(C)c1. The van der Waals surface area contributed by atoms with Gasteiger partial charge in [0.2, 0.25) is 5.91 Å². The number of hydrogen-bond acceptors (Lipinski definition) is 3. The minimum Gasteiger partial charge on any atom is -0.350 e. The van der Waals surface area contributed by atoms with Gasteiger partial charge in [0.1, 0.15) is 11.9 Å². The van der Waals surface area contributed by atoms with Crippen molar-refractivity contribution in [1.29, 1.82) is 0 Å². The van der Waals surface area contributed by atoms with Crippen LogP contribution in [0, 0.1) is 12.7 Å². The van der Waals surface area contributed by atoms with Gasteiger partial charge in [0.25, 0.3) is 0 Å². The summed E-state index contributed by atoms with van der Waals surface area (Å²) in [6.45, 7) is 2.06. The van der Waals surface area contributed by atoms with Gasteiger partial charge >= 0.3 is 0 Å². The summed E-state index contributed by atoms with van der Waals surface area (Å²) in [5.41, 5.74) is 2.23. The number of aryl methyl sites for hydroxylation is 2. The number of rotatable bonds is 5. The molecular weight excluding hydrogens is 271 g/mol. The van der Waals surface area contributed by atoms with Crippen LogP contribution in [0.3, 0.4) is 0 Å². The summed E-state index contributed by atoms with van der Waals surface area (Å²) in [5, 5.41) is 9.87. The minimum absolute atomic E-state index is 0.146. The second-order valence-corrected chi connectivity index (χ2v) is 4.97. The van der Waals surface area contributed by atoms with Gasteiger partial charge in [-0.15, -0.1) is 0 Å². The number of carbonyl (C=O) groups is 1. The highest BCUT2D eigenvalue weighted by Crippen LogP contribution is 2.12. The van der Waals surface area contributed by atoms with E-state index >= 15 is 0 Å². The molecule has 1 aromatic carbocycles. The van der Waals surface area contributed by atoms with Gasteiger partial charge in [-0.05, 0) is 31.2 Å². The standard InChI is InChI=1S/C15H19FN4O/c1-10-6-11(4-5-13(10)16)7-18-15(21)14(17-2)12-8-19-20(3)9-12/h4-6,8-9,14,17H,7H2,1-3H3,(H,18,21). The van der Waals surface area contributed by atoms with Gasteiger partial charge in [0.05, 0.1) is 6.20 Å². The lowest BCUT2D eigenvalue weighted by molar-refractivity contribution is -0.123. The molecule has 0 aliphatic carbocycles. The molecule has 112 valence electrons. The molecule has 0 aliphatic heterocycles. The van der Waals surface area contributed by atoms with Crippen LogP contribution in [0.2, 0.25) is 0 Å². The van der Waals surface area contributed by atoms with Crippen LogP contribution in [0.25, 0.3) is 0 Å². The van der Waals surface area contributed by atoms with Crippen molar-refractivity contribution >= 4 is 5.91 Å². The molecule has 0 radical (unpaired) electrons. The van der Waals surface area contributed by atoms with Crippen molar-refractivity contribution in [1.82, 2.24) is 20.4 Å². The number of halogens is 1. The number of hydrogen-bond donors (Lipinski definition) is 2. The second kappa shape index (κ2) is 6.49. The summed E-state index contributed by atoms with van der Waals surface area (Å²) < 4.78 is 14.8. The highest BCUT2D eigenvalue weighted by Gasteiger charge is 2.19. The maximum Gasteiger partial charge on any atom is 0.242 e. The molecule has 6 heteroatoms. The van der Waals surface area contributed by atoms with E-state index in [1.165, 1.54) is 6.07 Å². The first kappa shape index (κ1) is 15.2. The molecule has 1 heterocycles. The fourth-order valence-electron chi connectivity index (χ4n) is 2.15. The van der Waals surface area contributed by atoms with E-state index < -0.39 is 6.04 Å². The predicted molar refractivity (Wildman–Crippen MR) is 78.0 cm³/mol. The topological polar surface area (TPSA) is 59.0 Å². The number of likely N-dealkylation sites (N-methyl/N-ethyl adjacent to an activating group) is 1. The Hall–Kier alpha value is -2.21. The molecule has 1 unspecified atom stereocenters. The zero-order valence-corrected chi connectivity index (χ0v) is 12.4. The largest absolute Gasteiger partial charge is 0.350 e. The van der Waals surface area contributed by atoms with E-state index in [2.05, 4.69) is 15.7 Å². The molecule has 0 saturated heterocycles. The maximum atomic E-state index is 13.2. The van der Waals surface area contributed by atoms with E-state index in [9.17, 15) is 9.18 Å². The molecule has 5 nitrogen and oxygen atoms in total. The van der Waals surface area contributed by atoms with Gasteiger partial charge in [0.15, 0.2) is 0 Å². The fraction of sp³-hybridized carbons (Fsp3) is 0.333. The number of carbonyl (C=O) groups excluding carboxylic acids is 1. The zero-order chi connectivity index (χ0) is 15.4. The van der Waals surface area contributed by atoms with Crippen LogP contribution in [0.1, 0.15) is 22.7 Å². The Morgan fingerprint density at radius 3 is 2.81 bits per heavy atom. The van der Waals surface area contributed by atoms with Crippen LogP contribution >= 0.6 is 0 Å². The average molecular weight is 290 g/mol. The summed E-state index contributed by atoms with van der Waals surface area (Å²) >= 11 is 0. The first-order chi connectivity index (χ1) is 10.0. The van der Waals surface area contributed by atoms with Crippen LogP contribution in [-0.4, -0.2) is 22.7 Å². The van der Waals surface area contributed by atoms with Gasteiger partial charge < -0.3 is 10.6 Å². The Bertz CT molecular complexity index is 638. The Morgan fingerprint density at radius 1 is 1.48 bits per heavy atom. The summed E-state index contributed by atoms with van der Waals surface area (Å²) in [6, 6.07) is 4.35. The molecule has 1 aromatic heterocycles. The van der Waals surface area contributed by atoms with Crippen molar-refractivity contribution < 1.29 is 9.18 Å². The lowest BCUT2D eigenvalue weighted by Gasteiger charge is -2.14. The summed E-state index contributed by atoms with van der Waals surface area (Å²) in [7, 11) is 3.52. The molecule has 2 rings (SSSR count). The number of benzene rings is 1. The molecule has 21 heavy (non-hydrogen) atoms. The third kappa shape index (κ3) is 3.66. The zero-order valence-electron chi connectivity index (χ0n) is 12.4. The van der Waals surface area contributed by atoms with Crippen LogP contribution < -0.4 is 10.6 Å². The van der Waals surface area contributed by atoms with E-state index in [0.29, 0.717) is 12.1 Å². The number of amides is 1. The van der Waals surface area contributed by atoms with Crippen LogP contribution in [-0.2, 0) is 18.4 Å². The molecule has 2 N–H and O–H groups in total. The first-order valence-corrected chi connectivity index (χ1v) is 6.70. The normalized spacial score (nSPS) is 12.2. The lowest BCUT2D eigenvalue weighted by atomic mass is 10.1.